The SMILES string of the molecule is O=C(CNCS(=O)(=O)c1ccc(F)cc1)NCc1ccccn1. The molecule has 0 saturated heterocycles. The lowest BCUT2D eigenvalue weighted by Gasteiger charge is -2.07. The van der Waals surface area contributed by atoms with Crippen LogP contribution in [0, 0.1) is 5.82 Å². The van der Waals surface area contributed by atoms with Crippen LogP contribution in [-0.4, -0.2) is 31.7 Å². The van der Waals surface area contributed by atoms with Crippen molar-refractivity contribution in [2.75, 3.05) is 12.4 Å². The molecule has 23 heavy (non-hydrogen) atoms. The lowest BCUT2D eigenvalue weighted by Crippen LogP contribution is -2.36. The van der Waals surface area contributed by atoms with Gasteiger partial charge in [0.1, 0.15) is 11.7 Å². The number of sulfone groups is 1. The monoisotopic (exact) mass is 337 g/mol. The van der Waals surface area contributed by atoms with E-state index in [1.807, 2.05) is 6.07 Å². The van der Waals surface area contributed by atoms with Crippen LogP contribution < -0.4 is 10.6 Å². The maximum absolute atomic E-state index is 12.8. The van der Waals surface area contributed by atoms with E-state index >= 15 is 0 Å². The Morgan fingerprint density at radius 3 is 2.52 bits per heavy atom. The van der Waals surface area contributed by atoms with Gasteiger partial charge in [0.2, 0.25) is 5.91 Å². The van der Waals surface area contributed by atoms with Gasteiger partial charge in [-0.05, 0) is 36.4 Å². The quantitative estimate of drug-likeness (QED) is 0.732. The van der Waals surface area contributed by atoms with Gasteiger partial charge in [0.05, 0.1) is 23.7 Å². The van der Waals surface area contributed by atoms with E-state index in [2.05, 4.69) is 15.6 Å². The second kappa shape index (κ2) is 7.80. The summed E-state index contributed by atoms with van der Waals surface area (Å²) < 4.78 is 36.7. The topological polar surface area (TPSA) is 88.2 Å². The smallest absolute Gasteiger partial charge is 0.234 e. The molecule has 2 aromatic rings. The van der Waals surface area contributed by atoms with Gasteiger partial charge in [0.15, 0.2) is 9.84 Å². The molecule has 0 bridgehead atoms. The van der Waals surface area contributed by atoms with Gasteiger partial charge in [-0.15, -0.1) is 0 Å². The molecule has 8 heteroatoms. The van der Waals surface area contributed by atoms with E-state index in [9.17, 15) is 17.6 Å². The van der Waals surface area contributed by atoms with Gasteiger partial charge in [0.25, 0.3) is 0 Å². The van der Waals surface area contributed by atoms with E-state index in [4.69, 9.17) is 0 Å². The van der Waals surface area contributed by atoms with E-state index in [0.29, 0.717) is 5.69 Å². The van der Waals surface area contributed by atoms with Gasteiger partial charge >= 0.3 is 0 Å². The van der Waals surface area contributed by atoms with Crippen molar-refractivity contribution in [2.45, 2.75) is 11.4 Å². The minimum absolute atomic E-state index is 0.000272. The number of carbonyl (C=O) groups excluding carboxylic acids is 1. The molecule has 0 aliphatic rings. The molecule has 0 saturated carbocycles. The number of nitrogens with zero attached hydrogens (tertiary/aromatic N) is 1. The first kappa shape index (κ1) is 17.0. The summed E-state index contributed by atoms with van der Waals surface area (Å²) in [4.78, 5) is 15.7. The number of halogens is 1. The van der Waals surface area contributed by atoms with Gasteiger partial charge in [0, 0.05) is 6.20 Å². The zero-order chi connectivity index (χ0) is 16.7. The average Bonchev–Trinajstić information content (AvgIpc) is 2.54. The molecule has 0 aliphatic carbocycles. The first-order valence-corrected chi connectivity index (χ1v) is 8.48. The average molecular weight is 337 g/mol. The van der Waals surface area contributed by atoms with Crippen molar-refractivity contribution in [3.63, 3.8) is 0 Å². The maximum atomic E-state index is 12.8. The number of amides is 1. The van der Waals surface area contributed by atoms with Crippen molar-refractivity contribution >= 4 is 15.7 Å². The largest absolute Gasteiger partial charge is 0.349 e. The summed E-state index contributed by atoms with van der Waals surface area (Å²) >= 11 is 0. The Labute approximate surface area is 133 Å². The Balaban J connectivity index is 1.77. The Morgan fingerprint density at radius 2 is 1.87 bits per heavy atom. The first-order valence-electron chi connectivity index (χ1n) is 6.83. The van der Waals surface area contributed by atoms with E-state index in [1.54, 1.807) is 18.3 Å². The highest BCUT2D eigenvalue weighted by atomic mass is 32.2. The third-order valence-electron chi connectivity index (χ3n) is 2.94. The van der Waals surface area contributed by atoms with Crippen molar-refractivity contribution in [3.05, 3.63) is 60.2 Å². The summed E-state index contributed by atoms with van der Waals surface area (Å²) in [5.74, 6) is -1.26. The van der Waals surface area contributed by atoms with Gasteiger partial charge < -0.3 is 5.32 Å². The van der Waals surface area contributed by atoms with E-state index in [1.165, 1.54) is 12.1 Å². The Bertz CT molecular complexity index is 749. The molecular weight excluding hydrogens is 321 g/mol. The Hall–Kier alpha value is -2.32. The zero-order valence-corrected chi connectivity index (χ0v) is 13.0. The van der Waals surface area contributed by atoms with Crippen LogP contribution in [0.5, 0.6) is 0 Å². The molecule has 0 atom stereocenters. The minimum Gasteiger partial charge on any atom is -0.349 e. The molecule has 1 aromatic carbocycles. The summed E-state index contributed by atoms with van der Waals surface area (Å²) in [6.07, 6.45) is 1.62. The van der Waals surface area contributed by atoms with Gasteiger partial charge in [-0.2, -0.15) is 0 Å². The van der Waals surface area contributed by atoms with Crippen molar-refractivity contribution in [1.29, 1.82) is 0 Å². The number of pyridine rings is 1. The van der Waals surface area contributed by atoms with E-state index in [-0.39, 0.29) is 23.9 Å². The number of carbonyl (C=O) groups is 1. The number of benzene rings is 1. The number of rotatable bonds is 7. The second-order valence-corrected chi connectivity index (χ2v) is 6.73. The van der Waals surface area contributed by atoms with Crippen LogP contribution in [0.3, 0.4) is 0 Å². The van der Waals surface area contributed by atoms with E-state index < -0.39 is 21.5 Å². The molecule has 0 aliphatic heterocycles. The summed E-state index contributed by atoms with van der Waals surface area (Å²) in [5, 5.41) is 5.18. The van der Waals surface area contributed by atoms with Crippen LogP contribution in [-0.2, 0) is 21.2 Å². The molecule has 6 nitrogen and oxygen atoms in total. The number of nitrogens with one attached hydrogen (secondary N) is 2. The minimum atomic E-state index is -3.61. The summed E-state index contributed by atoms with van der Waals surface area (Å²) in [7, 11) is -3.61. The number of hydrogen-bond donors (Lipinski definition) is 2. The lowest BCUT2D eigenvalue weighted by molar-refractivity contribution is -0.120. The summed E-state index contributed by atoms with van der Waals surface area (Å²) in [5.41, 5.74) is 0.708. The third kappa shape index (κ3) is 5.42. The van der Waals surface area contributed by atoms with Crippen molar-refractivity contribution in [2.24, 2.45) is 0 Å². The van der Waals surface area contributed by atoms with Crippen LogP contribution in [0.15, 0.2) is 53.6 Å². The number of aromatic nitrogens is 1. The normalized spacial score (nSPS) is 11.2. The fourth-order valence-corrected chi connectivity index (χ4v) is 2.87. The predicted molar refractivity (Wildman–Crippen MR) is 82.5 cm³/mol. The Morgan fingerprint density at radius 1 is 1.13 bits per heavy atom. The van der Waals surface area contributed by atoms with Gasteiger partial charge in [-0.25, -0.2) is 12.8 Å². The standard InChI is InChI=1S/C15H16FN3O3S/c16-12-4-6-14(7-5-12)23(21,22)11-17-10-15(20)19-9-13-3-1-2-8-18-13/h1-8,17H,9-11H2,(H,19,20). The molecule has 0 fully saturated rings. The second-order valence-electron chi connectivity index (χ2n) is 4.74. The highest BCUT2D eigenvalue weighted by Gasteiger charge is 2.14. The molecule has 1 amide bonds. The molecule has 122 valence electrons. The fourth-order valence-electron chi connectivity index (χ4n) is 1.78. The molecule has 2 rings (SSSR count). The lowest BCUT2D eigenvalue weighted by atomic mass is 10.3. The van der Waals surface area contributed by atoms with Crippen LogP contribution in [0.25, 0.3) is 0 Å². The van der Waals surface area contributed by atoms with Crippen molar-refractivity contribution < 1.29 is 17.6 Å². The summed E-state index contributed by atoms with van der Waals surface area (Å²) in [6.45, 7) is 0.124. The molecule has 1 heterocycles. The van der Waals surface area contributed by atoms with Crippen LogP contribution in [0.2, 0.25) is 0 Å². The highest BCUT2D eigenvalue weighted by Crippen LogP contribution is 2.10. The molecule has 0 unspecified atom stereocenters. The molecule has 2 N–H and O–H groups in total. The molecular formula is C15H16FN3O3S. The maximum Gasteiger partial charge on any atom is 0.234 e. The fraction of sp³-hybridized carbons (Fsp3) is 0.200. The van der Waals surface area contributed by atoms with Crippen molar-refractivity contribution in [3.8, 4) is 0 Å². The Kier molecular flexibility index (Phi) is 5.78. The van der Waals surface area contributed by atoms with Crippen molar-refractivity contribution in [1.82, 2.24) is 15.6 Å². The van der Waals surface area contributed by atoms with Gasteiger partial charge in [-0.1, -0.05) is 6.07 Å². The third-order valence-corrected chi connectivity index (χ3v) is 4.52. The first-order chi connectivity index (χ1) is 11.0. The van der Waals surface area contributed by atoms with Crippen LogP contribution >= 0.6 is 0 Å². The zero-order valence-electron chi connectivity index (χ0n) is 12.2. The van der Waals surface area contributed by atoms with Crippen LogP contribution in [0.4, 0.5) is 4.39 Å². The highest BCUT2D eigenvalue weighted by molar-refractivity contribution is 7.91. The van der Waals surface area contributed by atoms with Gasteiger partial charge in [-0.3, -0.25) is 15.1 Å². The van der Waals surface area contributed by atoms with Crippen LogP contribution in [0.1, 0.15) is 5.69 Å². The summed E-state index contributed by atoms with van der Waals surface area (Å²) in [6, 6.07) is 9.88. The predicted octanol–water partition coefficient (Wildman–Crippen LogP) is 0.858. The molecule has 0 radical (unpaired) electrons. The molecule has 1 aromatic heterocycles. The number of hydrogen-bond acceptors (Lipinski definition) is 5. The molecule has 0 spiro atoms. The van der Waals surface area contributed by atoms with E-state index in [0.717, 1.165) is 12.1 Å².